The number of hydrogen-bond donors (Lipinski definition) is 2. The van der Waals surface area contributed by atoms with Gasteiger partial charge in [0.05, 0.1) is 16.2 Å². The standard InChI is InChI=1S/C15H17ClN7.K/c1-3-23-10-6-8(2)4-5-9(10)20-11(23)7-19-15-14(18)22-13(17)12(16)21-15;/h4-6H,3,7H2,1-2H3,(H4-,17,18,19,21,22);/q-1;+1. The van der Waals surface area contributed by atoms with Gasteiger partial charge in [0.15, 0.2) is 0 Å². The average Bonchev–Trinajstić information content (AvgIpc) is 2.86. The Morgan fingerprint density at radius 1 is 1.17 bits per heavy atom. The molecule has 120 valence electrons. The van der Waals surface area contributed by atoms with Crippen LogP contribution in [0.2, 0.25) is 5.15 Å². The van der Waals surface area contributed by atoms with Crippen LogP contribution < -0.4 is 62.9 Å². The molecule has 3 rings (SSSR count). The molecule has 9 heteroatoms. The summed E-state index contributed by atoms with van der Waals surface area (Å²) in [4.78, 5) is 12.6. The summed E-state index contributed by atoms with van der Waals surface area (Å²) in [5.74, 6) is 1.36. The van der Waals surface area contributed by atoms with Crippen LogP contribution in [0.4, 0.5) is 17.5 Å². The molecule has 0 aliphatic rings. The van der Waals surface area contributed by atoms with Gasteiger partial charge in [0.2, 0.25) is 0 Å². The molecule has 0 spiro atoms. The molecule has 0 radical (unpaired) electrons. The molecule has 2 aromatic heterocycles. The molecular formula is C15H17ClKN7. The van der Waals surface area contributed by atoms with E-state index in [1.54, 1.807) is 0 Å². The van der Waals surface area contributed by atoms with Crippen molar-refractivity contribution < 1.29 is 51.4 Å². The molecule has 3 aromatic rings. The molecule has 0 aliphatic heterocycles. The Kier molecular flexibility index (Phi) is 6.46. The first-order valence-electron chi connectivity index (χ1n) is 7.21. The van der Waals surface area contributed by atoms with Crippen molar-refractivity contribution in [3.8, 4) is 0 Å². The second-order valence-corrected chi connectivity index (χ2v) is 5.55. The van der Waals surface area contributed by atoms with Crippen LogP contribution in [0, 0.1) is 6.92 Å². The van der Waals surface area contributed by atoms with E-state index in [1.165, 1.54) is 5.56 Å². The molecule has 0 amide bonds. The van der Waals surface area contributed by atoms with Crippen molar-refractivity contribution in [3.05, 3.63) is 40.1 Å². The number of rotatable bonds is 4. The molecule has 0 atom stereocenters. The summed E-state index contributed by atoms with van der Waals surface area (Å²) < 4.78 is 2.12. The van der Waals surface area contributed by atoms with Crippen LogP contribution in [0.15, 0.2) is 18.2 Å². The number of hydrogen-bond acceptors (Lipinski definition) is 5. The number of aryl methyl sites for hydroxylation is 2. The van der Waals surface area contributed by atoms with Crippen molar-refractivity contribution in [2.75, 3.05) is 11.5 Å². The van der Waals surface area contributed by atoms with E-state index < -0.39 is 0 Å². The smallest absolute Gasteiger partial charge is 0.455 e. The van der Waals surface area contributed by atoms with Crippen LogP contribution in [-0.2, 0) is 13.1 Å². The molecule has 0 saturated heterocycles. The maximum absolute atomic E-state index is 5.87. The monoisotopic (exact) mass is 369 g/mol. The third-order valence-electron chi connectivity index (χ3n) is 3.55. The zero-order valence-electron chi connectivity index (χ0n) is 13.9. The van der Waals surface area contributed by atoms with Gasteiger partial charge >= 0.3 is 51.4 Å². The molecule has 1 aromatic carbocycles. The van der Waals surface area contributed by atoms with Crippen molar-refractivity contribution in [2.45, 2.75) is 26.9 Å². The number of aromatic nitrogens is 4. The summed E-state index contributed by atoms with van der Waals surface area (Å²) >= 11 is 5.87. The number of halogens is 1. The number of nitrogens with two attached hydrogens (primary N) is 2. The fraction of sp³-hybridized carbons (Fsp3) is 0.267. The maximum Gasteiger partial charge on any atom is 1.00 e. The summed E-state index contributed by atoms with van der Waals surface area (Å²) in [7, 11) is 0. The predicted molar refractivity (Wildman–Crippen MR) is 92.7 cm³/mol. The number of anilines is 2. The Hall–Kier alpha value is -0.904. The fourth-order valence-corrected chi connectivity index (χ4v) is 2.57. The van der Waals surface area contributed by atoms with Crippen molar-refractivity contribution in [1.29, 1.82) is 0 Å². The van der Waals surface area contributed by atoms with Crippen molar-refractivity contribution in [1.82, 2.24) is 19.5 Å². The van der Waals surface area contributed by atoms with E-state index in [9.17, 15) is 0 Å². The minimum atomic E-state index is 0. The molecule has 0 fully saturated rings. The van der Waals surface area contributed by atoms with E-state index in [0.29, 0.717) is 6.54 Å². The molecule has 7 nitrogen and oxygen atoms in total. The molecule has 2 heterocycles. The molecule has 0 bridgehead atoms. The Balaban J connectivity index is 0.00000208. The Bertz CT molecular complexity index is 878. The fourth-order valence-electron chi connectivity index (χ4n) is 2.45. The first kappa shape index (κ1) is 19.4. The van der Waals surface area contributed by atoms with Crippen LogP contribution in [0.5, 0.6) is 0 Å². The van der Waals surface area contributed by atoms with Gasteiger partial charge in [-0.25, -0.2) is 9.97 Å². The van der Waals surface area contributed by atoms with Crippen molar-refractivity contribution in [3.63, 3.8) is 0 Å². The van der Waals surface area contributed by atoms with E-state index in [-0.39, 0.29) is 74.0 Å². The first-order chi connectivity index (χ1) is 11.0. The van der Waals surface area contributed by atoms with Gasteiger partial charge in [0, 0.05) is 13.1 Å². The molecule has 0 aliphatic carbocycles. The average molecular weight is 370 g/mol. The third-order valence-corrected chi connectivity index (χ3v) is 3.83. The topological polar surface area (TPSA) is 110 Å². The van der Waals surface area contributed by atoms with E-state index in [4.69, 9.17) is 23.1 Å². The summed E-state index contributed by atoms with van der Waals surface area (Å²) in [6.07, 6.45) is 0. The second kappa shape index (κ2) is 7.98. The van der Waals surface area contributed by atoms with Gasteiger partial charge in [-0.05, 0) is 37.4 Å². The minimum absolute atomic E-state index is 0. The Morgan fingerprint density at radius 3 is 2.62 bits per heavy atom. The normalized spacial score (nSPS) is 10.6. The molecule has 4 N–H and O–H groups in total. The number of nitrogens with zero attached hydrogens (tertiary/aromatic N) is 5. The second-order valence-electron chi connectivity index (χ2n) is 5.19. The zero-order chi connectivity index (χ0) is 16.6. The van der Waals surface area contributed by atoms with Gasteiger partial charge in [-0.2, -0.15) is 0 Å². The van der Waals surface area contributed by atoms with Crippen LogP contribution >= 0.6 is 11.6 Å². The van der Waals surface area contributed by atoms with E-state index in [0.717, 1.165) is 23.4 Å². The molecular weight excluding hydrogens is 353 g/mol. The van der Waals surface area contributed by atoms with E-state index in [2.05, 4.69) is 44.7 Å². The maximum atomic E-state index is 5.87. The Morgan fingerprint density at radius 2 is 1.92 bits per heavy atom. The quantitative estimate of drug-likeness (QED) is 0.637. The first-order valence-corrected chi connectivity index (χ1v) is 7.59. The van der Waals surface area contributed by atoms with Gasteiger partial charge in [0.1, 0.15) is 17.5 Å². The van der Waals surface area contributed by atoms with Gasteiger partial charge in [0.25, 0.3) is 0 Å². The zero-order valence-corrected chi connectivity index (χ0v) is 17.8. The van der Waals surface area contributed by atoms with Crippen LogP contribution in [0.3, 0.4) is 0 Å². The SMILES string of the molecule is CCn1c(C[N-]c2nc(Cl)c(N)nc2N)nc2ccc(C)cc21.[K+]. The molecule has 0 saturated carbocycles. The predicted octanol–water partition coefficient (Wildman–Crippen LogP) is 0.182. The van der Waals surface area contributed by atoms with E-state index in [1.807, 2.05) is 12.1 Å². The molecule has 24 heavy (non-hydrogen) atoms. The largest absolute Gasteiger partial charge is 1.00 e. The Labute approximate surface area is 187 Å². The van der Waals surface area contributed by atoms with Crippen molar-refractivity contribution in [2.24, 2.45) is 0 Å². The number of benzene rings is 1. The van der Waals surface area contributed by atoms with Crippen LogP contribution in [0.1, 0.15) is 18.3 Å². The number of nitrogen functional groups attached to an aromatic ring is 2. The van der Waals surface area contributed by atoms with Gasteiger partial charge in [-0.1, -0.05) is 17.7 Å². The van der Waals surface area contributed by atoms with Crippen molar-refractivity contribution >= 4 is 40.1 Å². The number of fused-ring (bicyclic) bond motifs is 1. The third kappa shape index (κ3) is 3.84. The van der Waals surface area contributed by atoms with E-state index >= 15 is 0 Å². The van der Waals surface area contributed by atoms with Crippen LogP contribution in [-0.4, -0.2) is 19.5 Å². The van der Waals surface area contributed by atoms with Gasteiger partial charge in [-0.3, -0.25) is 0 Å². The van der Waals surface area contributed by atoms with Crippen LogP contribution in [0.25, 0.3) is 16.4 Å². The number of imidazole rings is 1. The molecule has 0 unspecified atom stereocenters. The minimum Gasteiger partial charge on any atom is -0.455 e. The summed E-state index contributed by atoms with van der Waals surface area (Å²) in [5.41, 5.74) is 14.6. The summed E-state index contributed by atoms with van der Waals surface area (Å²) in [5, 5.41) is 4.48. The summed E-state index contributed by atoms with van der Waals surface area (Å²) in [6, 6.07) is 6.16. The summed E-state index contributed by atoms with van der Waals surface area (Å²) in [6.45, 7) is 5.26. The van der Waals surface area contributed by atoms with Gasteiger partial charge in [-0.15, -0.1) is 0 Å². The van der Waals surface area contributed by atoms with Gasteiger partial charge < -0.3 is 26.3 Å².